The van der Waals surface area contributed by atoms with Crippen LogP contribution in [0.4, 0.5) is 5.69 Å². The van der Waals surface area contributed by atoms with E-state index < -0.39 is 0 Å². The summed E-state index contributed by atoms with van der Waals surface area (Å²) in [5.74, 6) is 0. The van der Waals surface area contributed by atoms with Crippen LogP contribution in [-0.2, 0) is 6.42 Å². The molecule has 0 aliphatic carbocycles. The zero-order chi connectivity index (χ0) is 10.3. The van der Waals surface area contributed by atoms with Gasteiger partial charge in [0, 0.05) is 11.7 Å². The lowest BCUT2D eigenvalue weighted by Gasteiger charge is -2.27. The average Bonchev–Trinajstić information content (AvgIpc) is 2.45. The predicted octanol–water partition coefficient (Wildman–Crippen LogP) is 3.38. The van der Waals surface area contributed by atoms with Crippen molar-refractivity contribution in [2.24, 2.45) is 5.41 Å². The fraction of sp³-hybridized carbons (Fsp3) is 0.538. The number of hydrogen-bond acceptors (Lipinski definition) is 1. The normalized spacial score (nSPS) is 20.4. The summed E-state index contributed by atoms with van der Waals surface area (Å²) in [6, 6.07) is 7.26. The molecule has 0 radical (unpaired) electrons. The third kappa shape index (κ3) is 1.63. The monoisotopic (exact) mass is 189 g/mol. The third-order valence-electron chi connectivity index (χ3n) is 3.06. The van der Waals surface area contributed by atoms with Crippen LogP contribution in [-0.4, -0.2) is 6.04 Å². The number of benzene rings is 1. The van der Waals surface area contributed by atoms with E-state index in [-0.39, 0.29) is 0 Å². The Labute approximate surface area is 86.5 Å². The highest BCUT2D eigenvalue weighted by Gasteiger charge is 2.30. The average molecular weight is 189 g/mol. The molecule has 0 bridgehead atoms. The van der Waals surface area contributed by atoms with Crippen LogP contribution in [0, 0.1) is 12.3 Å². The molecular weight excluding hydrogens is 170 g/mol. The highest BCUT2D eigenvalue weighted by molar-refractivity contribution is 5.58. The van der Waals surface area contributed by atoms with E-state index in [0.717, 1.165) is 0 Å². The van der Waals surface area contributed by atoms with Crippen molar-refractivity contribution in [3.05, 3.63) is 29.3 Å². The Morgan fingerprint density at radius 3 is 2.64 bits per heavy atom. The van der Waals surface area contributed by atoms with Gasteiger partial charge in [-0.15, -0.1) is 0 Å². The molecule has 1 aliphatic heterocycles. The number of nitrogens with one attached hydrogen (secondary N) is 1. The molecule has 1 unspecified atom stereocenters. The SMILES string of the molecule is Cc1ccc2c(c1)CC(C(C)(C)C)N2. The Morgan fingerprint density at radius 2 is 2.00 bits per heavy atom. The summed E-state index contributed by atoms with van der Waals surface area (Å²) >= 11 is 0. The van der Waals surface area contributed by atoms with Gasteiger partial charge in [-0.3, -0.25) is 0 Å². The minimum Gasteiger partial charge on any atom is -0.381 e. The molecule has 1 aromatic rings. The van der Waals surface area contributed by atoms with Gasteiger partial charge in [-0.05, 0) is 30.4 Å². The second kappa shape index (κ2) is 3.01. The molecule has 14 heavy (non-hydrogen) atoms. The summed E-state index contributed by atoms with van der Waals surface area (Å²) in [6.07, 6.45) is 1.17. The van der Waals surface area contributed by atoms with Gasteiger partial charge in [0.25, 0.3) is 0 Å². The van der Waals surface area contributed by atoms with Gasteiger partial charge < -0.3 is 5.32 Å². The van der Waals surface area contributed by atoms with Crippen LogP contribution >= 0.6 is 0 Å². The third-order valence-corrected chi connectivity index (χ3v) is 3.06. The number of anilines is 1. The maximum absolute atomic E-state index is 3.60. The van der Waals surface area contributed by atoms with Crippen LogP contribution in [0.1, 0.15) is 31.9 Å². The maximum atomic E-state index is 3.60. The van der Waals surface area contributed by atoms with Crippen molar-refractivity contribution in [1.82, 2.24) is 0 Å². The molecule has 1 heterocycles. The summed E-state index contributed by atoms with van der Waals surface area (Å²) in [5.41, 5.74) is 4.51. The molecular formula is C13H19N. The van der Waals surface area contributed by atoms with Gasteiger partial charge in [0.05, 0.1) is 0 Å². The Morgan fingerprint density at radius 1 is 1.29 bits per heavy atom. The molecule has 0 fully saturated rings. The summed E-state index contributed by atoms with van der Waals surface area (Å²) in [4.78, 5) is 0. The largest absolute Gasteiger partial charge is 0.381 e. The zero-order valence-electron chi connectivity index (χ0n) is 9.52. The van der Waals surface area contributed by atoms with Gasteiger partial charge in [-0.1, -0.05) is 38.5 Å². The van der Waals surface area contributed by atoms with E-state index in [2.05, 4.69) is 51.2 Å². The molecule has 0 amide bonds. The van der Waals surface area contributed by atoms with Crippen LogP contribution in [0.2, 0.25) is 0 Å². The molecule has 0 saturated heterocycles. The highest BCUT2D eigenvalue weighted by atomic mass is 15.0. The van der Waals surface area contributed by atoms with Crippen LogP contribution in [0.25, 0.3) is 0 Å². The minimum absolute atomic E-state index is 0.340. The molecule has 0 spiro atoms. The first-order chi connectivity index (χ1) is 6.47. The van der Waals surface area contributed by atoms with Gasteiger partial charge in [-0.2, -0.15) is 0 Å². The van der Waals surface area contributed by atoms with Crippen molar-refractivity contribution in [3.8, 4) is 0 Å². The van der Waals surface area contributed by atoms with E-state index in [4.69, 9.17) is 0 Å². The van der Waals surface area contributed by atoms with Crippen molar-refractivity contribution in [2.45, 2.75) is 40.2 Å². The number of rotatable bonds is 0. The van der Waals surface area contributed by atoms with Crippen molar-refractivity contribution >= 4 is 5.69 Å². The van der Waals surface area contributed by atoms with Crippen LogP contribution in [0.5, 0.6) is 0 Å². The Balaban J connectivity index is 2.26. The smallest absolute Gasteiger partial charge is 0.0376 e. The molecule has 0 aromatic heterocycles. The minimum atomic E-state index is 0.340. The van der Waals surface area contributed by atoms with Crippen LogP contribution < -0.4 is 5.32 Å². The van der Waals surface area contributed by atoms with Crippen molar-refractivity contribution < 1.29 is 0 Å². The zero-order valence-corrected chi connectivity index (χ0v) is 9.52. The van der Waals surface area contributed by atoms with Crippen molar-refractivity contribution in [1.29, 1.82) is 0 Å². The summed E-state index contributed by atoms with van der Waals surface area (Å²) < 4.78 is 0. The molecule has 0 saturated carbocycles. The molecule has 1 N–H and O–H groups in total. The second-order valence-electron chi connectivity index (χ2n) is 5.43. The van der Waals surface area contributed by atoms with Gasteiger partial charge in [0.1, 0.15) is 0 Å². The molecule has 76 valence electrons. The molecule has 1 aromatic carbocycles. The van der Waals surface area contributed by atoms with Gasteiger partial charge in [0.2, 0.25) is 0 Å². The Kier molecular flexibility index (Phi) is 2.06. The summed E-state index contributed by atoms with van der Waals surface area (Å²) in [7, 11) is 0. The van der Waals surface area contributed by atoms with E-state index >= 15 is 0 Å². The molecule has 1 aliphatic rings. The predicted molar refractivity (Wildman–Crippen MR) is 61.7 cm³/mol. The molecule has 1 nitrogen and oxygen atoms in total. The van der Waals surface area contributed by atoms with Gasteiger partial charge in [-0.25, -0.2) is 0 Å². The quantitative estimate of drug-likeness (QED) is 0.659. The molecule has 1 heteroatoms. The topological polar surface area (TPSA) is 12.0 Å². The van der Waals surface area contributed by atoms with Gasteiger partial charge in [0.15, 0.2) is 0 Å². The van der Waals surface area contributed by atoms with Crippen molar-refractivity contribution in [2.75, 3.05) is 5.32 Å². The highest BCUT2D eigenvalue weighted by Crippen LogP contribution is 2.34. The fourth-order valence-electron chi connectivity index (χ4n) is 2.01. The first-order valence-corrected chi connectivity index (χ1v) is 5.33. The Bertz CT molecular complexity index is 347. The van der Waals surface area contributed by atoms with E-state index in [0.29, 0.717) is 11.5 Å². The van der Waals surface area contributed by atoms with E-state index in [1.807, 2.05) is 0 Å². The lowest BCUT2D eigenvalue weighted by molar-refractivity contribution is 0.347. The second-order valence-corrected chi connectivity index (χ2v) is 5.43. The van der Waals surface area contributed by atoms with Crippen LogP contribution in [0.15, 0.2) is 18.2 Å². The molecule has 2 rings (SSSR count). The fourth-order valence-corrected chi connectivity index (χ4v) is 2.01. The summed E-state index contributed by atoms with van der Waals surface area (Å²) in [6.45, 7) is 9.04. The lowest BCUT2D eigenvalue weighted by Crippen LogP contribution is -2.31. The number of aryl methyl sites for hydroxylation is 1. The lowest BCUT2D eigenvalue weighted by atomic mass is 9.85. The van der Waals surface area contributed by atoms with E-state index in [1.54, 1.807) is 0 Å². The van der Waals surface area contributed by atoms with E-state index in [1.165, 1.54) is 23.2 Å². The van der Waals surface area contributed by atoms with E-state index in [9.17, 15) is 0 Å². The van der Waals surface area contributed by atoms with Crippen LogP contribution in [0.3, 0.4) is 0 Å². The van der Waals surface area contributed by atoms with Gasteiger partial charge >= 0.3 is 0 Å². The first kappa shape index (κ1) is 9.57. The maximum Gasteiger partial charge on any atom is 0.0376 e. The Hall–Kier alpha value is -0.980. The summed E-state index contributed by atoms with van der Waals surface area (Å²) in [5, 5.41) is 3.60. The van der Waals surface area contributed by atoms with Crippen molar-refractivity contribution in [3.63, 3.8) is 0 Å². The first-order valence-electron chi connectivity index (χ1n) is 5.33. The number of hydrogen-bond donors (Lipinski definition) is 1. The standard InChI is InChI=1S/C13H19N/c1-9-5-6-11-10(7-9)8-12(14-11)13(2,3)4/h5-7,12,14H,8H2,1-4H3. The number of fused-ring (bicyclic) bond motifs is 1. The molecule has 1 atom stereocenters.